The Bertz CT molecular complexity index is 1300. The van der Waals surface area contributed by atoms with Crippen molar-refractivity contribution in [2.75, 3.05) is 0 Å². The lowest BCUT2D eigenvalue weighted by atomic mass is 9.80. The van der Waals surface area contributed by atoms with E-state index in [0.717, 1.165) is 42.4 Å². The van der Waals surface area contributed by atoms with Gasteiger partial charge in [-0.05, 0) is 41.5 Å². The summed E-state index contributed by atoms with van der Waals surface area (Å²) < 4.78 is 6.32. The molecule has 4 aromatic carbocycles. The van der Waals surface area contributed by atoms with Crippen LogP contribution in [0.5, 0.6) is 0 Å². The van der Waals surface area contributed by atoms with Crippen LogP contribution >= 0.6 is 0 Å². The lowest BCUT2D eigenvalue weighted by Crippen LogP contribution is -2.53. The number of carbonyl (C=O) groups is 1. The van der Waals surface area contributed by atoms with Crippen LogP contribution in [0.15, 0.2) is 121 Å². The summed E-state index contributed by atoms with van der Waals surface area (Å²) in [5.41, 5.74) is 2.15. The summed E-state index contributed by atoms with van der Waals surface area (Å²) in [6, 6.07) is 39.1. The smallest absolute Gasteiger partial charge is 0.340 e. The van der Waals surface area contributed by atoms with Gasteiger partial charge in [-0.15, -0.1) is 0 Å². The van der Waals surface area contributed by atoms with Crippen LogP contribution in [0, 0.1) is 0 Å². The van der Waals surface area contributed by atoms with Gasteiger partial charge >= 0.3 is 5.97 Å². The third-order valence-electron chi connectivity index (χ3n) is 7.82. The summed E-state index contributed by atoms with van der Waals surface area (Å²) in [6.07, 6.45) is 3.73. The number of hydrogen-bond acceptors (Lipinski definition) is 4. The minimum atomic E-state index is -1.82. The fourth-order valence-electron chi connectivity index (χ4n) is 5.78. The molecule has 200 valence electrons. The van der Waals surface area contributed by atoms with Gasteiger partial charge in [-0.2, -0.15) is 0 Å². The van der Waals surface area contributed by atoms with E-state index in [1.165, 1.54) is 5.56 Å². The number of hydrogen-bond donors (Lipinski definition) is 2. The molecule has 5 rings (SSSR count). The number of rotatable bonds is 10. The van der Waals surface area contributed by atoms with Crippen LogP contribution < -0.4 is 5.32 Å². The van der Waals surface area contributed by atoms with Gasteiger partial charge in [-0.3, -0.25) is 0 Å². The highest BCUT2D eigenvalue weighted by atomic mass is 16.6. The molecule has 4 nitrogen and oxygen atoms in total. The second-order valence-corrected chi connectivity index (χ2v) is 10.5. The van der Waals surface area contributed by atoms with Crippen molar-refractivity contribution in [1.29, 1.82) is 0 Å². The van der Waals surface area contributed by atoms with Crippen LogP contribution in [0.1, 0.15) is 59.9 Å². The number of carbonyl (C=O) groups excluding carboxylic acids is 1. The first kappa shape index (κ1) is 26.9. The number of ether oxygens (including phenoxy) is 1. The van der Waals surface area contributed by atoms with E-state index in [1.54, 1.807) is 0 Å². The molecule has 0 amide bonds. The van der Waals surface area contributed by atoms with Gasteiger partial charge in [-0.1, -0.05) is 128 Å². The Kier molecular flexibility index (Phi) is 8.87. The van der Waals surface area contributed by atoms with E-state index >= 15 is 0 Å². The third kappa shape index (κ3) is 6.65. The Morgan fingerprint density at radius 1 is 0.769 bits per heavy atom. The number of nitrogens with one attached hydrogen (secondary N) is 1. The predicted octanol–water partition coefficient (Wildman–Crippen LogP) is 6.76. The standard InChI is InChI=1S/C35H37NO3/c37-34(39-32-24-14-13-23-31(32)29-19-9-3-10-20-29)35(38,25-27-15-5-1-6-16-27)33(30-21-11-4-12-22-30)36-26-28-17-7-2-8-18-28/h1-12,15-22,31-33,36,38H,13-14,23-26H2/t31-,32+,33-,35+/m0/s1. The van der Waals surface area contributed by atoms with Crippen LogP contribution in [0.25, 0.3) is 0 Å². The molecule has 4 heteroatoms. The number of esters is 1. The number of benzene rings is 4. The zero-order valence-electron chi connectivity index (χ0n) is 22.3. The first-order valence-electron chi connectivity index (χ1n) is 14.0. The molecule has 4 atom stereocenters. The Hall–Kier alpha value is -3.73. The van der Waals surface area contributed by atoms with E-state index < -0.39 is 17.6 Å². The molecule has 39 heavy (non-hydrogen) atoms. The van der Waals surface area contributed by atoms with Crippen LogP contribution in [-0.4, -0.2) is 22.8 Å². The molecule has 0 aromatic heterocycles. The Balaban J connectivity index is 1.48. The fraction of sp³-hybridized carbons (Fsp3) is 0.286. The van der Waals surface area contributed by atoms with Crippen LogP contribution in [0.3, 0.4) is 0 Å². The van der Waals surface area contributed by atoms with Gasteiger partial charge in [0.15, 0.2) is 5.60 Å². The molecule has 0 bridgehead atoms. The van der Waals surface area contributed by atoms with Gasteiger partial charge in [0.1, 0.15) is 6.10 Å². The highest BCUT2D eigenvalue weighted by Gasteiger charge is 2.48. The topological polar surface area (TPSA) is 58.6 Å². The summed E-state index contributed by atoms with van der Waals surface area (Å²) in [5, 5.41) is 16.0. The number of aliphatic hydroxyl groups is 1. The zero-order chi connectivity index (χ0) is 26.9. The Morgan fingerprint density at radius 2 is 1.31 bits per heavy atom. The molecule has 1 saturated carbocycles. The summed E-state index contributed by atoms with van der Waals surface area (Å²) >= 11 is 0. The van der Waals surface area contributed by atoms with E-state index in [0.29, 0.717) is 6.54 Å². The quantitative estimate of drug-likeness (QED) is 0.227. The van der Waals surface area contributed by atoms with Crippen molar-refractivity contribution in [3.63, 3.8) is 0 Å². The minimum Gasteiger partial charge on any atom is -0.460 e. The molecule has 0 aliphatic heterocycles. The van der Waals surface area contributed by atoms with E-state index in [-0.39, 0.29) is 18.4 Å². The highest BCUT2D eigenvalue weighted by molar-refractivity contribution is 5.81. The van der Waals surface area contributed by atoms with Crippen LogP contribution in [0.4, 0.5) is 0 Å². The molecule has 1 fully saturated rings. The largest absolute Gasteiger partial charge is 0.460 e. The van der Waals surface area contributed by atoms with E-state index in [4.69, 9.17) is 4.74 Å². The molecule has 0 spiro atoms. The fourth-order valence-corrected chi connectivity index (χ4v) is 5.78. The summed E-state index contributed by atoms with van der Waals surface area (Å²) in [5.74, 6) is -0.453. The first-order valence-corrected chi connectivity index (χ1v) is 14.0. The minimum absolute atomic E-state index is 0.123. The molecule has 4 aromatic rings. The monoisotopic (exact) mass is 519 g/mol. The molecular weight excluding hydrogens is 482 g/mol. The van der Waals surface area contributed by atoms with Crippen molar-refractivity contribution in [3.05, 3.63) is 144 Å². The Morgan fingerprint density at radius 3 is 1.95 bits per heavy atom. The summed E-state index contributed by atoms with van der Waals surface area (Å²) in [4.78, 5) is 14.2. The average Bonchev–Trinajstić information content (AvgIpc) is 2.99. The van der Waals surface area contributed by atoms with E-state index in [9.17, 15) is 9.90 Å². The molecular formula is C35H37NO3. The Labute approximate surface area is 231 Å². The molecule has 0 saturated heterocycles. The maximum atomic E-state index is 14.2. The van der Waals surface area contributed by atoms with Crippen molar-refractivity contribution in [1.82, 2.24) is 5.32 Å². The second kappa shape index (κ2) is 12.9. The molecule has 0 heterocycles. The predicted molar refractivity (Wildman–Crippen MR) is 155 cm³/mol. The van der Waals surface area contributed by atoms with Crippen molar-refractivity contribution < 1.29 is 14.6 Å². The maximum absolute atomic E-state index is 14.2. The zero-order valence-corrected chi connectivity index (χ0v) is 22.3. The average molecular weight is 520 g/mol. The van der Waals surface area contributed by atoms with Gasteiger partial charge in [0.05, 0.1) is 6.04 Å². The molecule has 1 aliphatic carbocycles. The molecule has 1 aliphatic rings. The first-order chi connectivity index (χ1) is 19.1. The summed E-state index contributed by atoms with van der Waals surface area (Å²) in [6.45, 7) is 0.501. The normalized spacial score (nSPS) is 19.5. The van der Waals surface area contributed by atoms with E-state index in [2.05, 4.69) is 17.4 Å². The molecule has 2 N–H and O–H groups in total. The maximum Gasteiger partial charge on any atom is 0.340 e. The van der Waals surface area contributed by atoms with Crippen molar-refractivity contribution in [2.24, 2.45) is 0 Å². The van der Waals surface area contributed by atoms with E-state index in [1.807, 2.05) is 109 Å². The summed E-state index contributed by atoms with van der Waals surface area (Å²) in [7, 11) is 0. The lowest BCUT2D eigenvalue weighted by Gasteiger charge is -2.39. The second-order valence-electron chi connectivity index (χ2n) is 10.5. The highest BCUT2D eigenvalue weighted by Crippen LogP contribution is 2.38. The molecule has 0 radical (unpaired) electrons. The molecule has 0 unspecified atom stereocenters. The van der Waals surface area contributed by atoms with Gasteiger partial charge in [0.25, 0.3) is 0 Å². The van der Waals surface area contributed by atoms with Gasteiger partial charge in [0, 0.05) is 18.9 Å². The van der Waals surface area contributed by atoms with Crippen molar-refractivity contribution in [2.45, 2.75) is 62.3 Å². The van der Waals surface area contributed by atoms with Gasteiger partial charge in [0.2, 0.25) is 0 Å². The van der Waals surface area contributed by atoms with Crippen LogP contribution in [-0.2, 0) is 22.5 Å². The third-order valence-corrected chi connectivity index (χ3v) is 7.82. The van der Waals surface area contributed by atoms with Crippen molar-refractivity contribution in [3.8, 4) is 0 Å². The van der Waals surface area contributed by atoms with Gasteiger partial charge in [-0.25, -0.2) is 4.79 Å². The van der Waals surface area contributed by atoms with Crippen LogP contribution in [0.2, 0.25) is 0 Å². The lowest BCUT2D eigenvalue weighted by molar-refractivity contribution is -0.177. The SMILES string of the molecule is O=C(O[C@@H]1CCCC[C@H]1c1ccccc1)[C@@](O)(Cc1ccccc1)[C@@H](NCc1ccccc1)c1ccccc1. The van der Waals surface area contributed by atoms with Crippen molar-refractivity contribution >= 4 is 5.97 Å². The van der Waals surface area contributed by atoms with Gasteiger partial charge < -0.3 is 15.2 Å².